The Kier molecular flexibility index (Phi) is 2.80. The van der Waals surface area contributed by atoms with E-state index in [1.54, 1.807) is 6.20 Å². The number of oxazole rings is 1. The van der Waals surface area contributed by atoms with Gasteiger partial charge in [-0.05, 0) is 22.9 Å². The third kappa shape index (κ3) is 1.99. The molecule has 0 unspecified atom stereocenters. The van der Waals surface area contributed by atoms with Gasteiger partial charge in [-0.2, -0.15) is 0 Å². The Bertz CT molecular complexity index is 675. The highest BCUT2D eigenvalue weighted by molar-refractivity contribution is 5.86. The molecular weight excluding hydrogens is 230 g/mol. The van der Waals surface area contributed by atoms with Gasteiger partial charge >= 0.3 is 0 Å². The maximum absolute atomic E-state index is 8.35. The minimum absolute atomic E-state index is 0.000577. The molecule has 0 spiro atoms. The van der Waals surface area contributed by atoms with E-state index in [2.05, 4.69) is 15.9 Å². The molecule has 0 atom stereocenters. The van der Waals surface area contributed by atoms with E-state index in [0.717, 1.165) is 10.9 Å². The summed E-state index contributed by atoms with van der Waals surface area (Å²) in [6, 6.07) is 14.1. The van der Waals surface area contributed by atoms with E-state index in [0.29, 0.717) is 11.7 Å². The van der Waals surface area contributed by atoms with Crippen molar-refractivity contribution >= 4 is 10.8 Å². The van der Waals surface area contributed by atoms with Crippen LogP contribution in [-0.4, -0.2) is 10.2 Å². The summed E-state index contributed by atoms with van der Waals surface area (Å²) in [5.74, 6) is 1.01. The smallest absolute Gasteiger partial charge is 0.226 e. The van der Waals surface area contributed by atoms with Crippen LogP contribution >= 0.6 is 0 Å². The van der Waals surface area contributed by atoms with Crippen LogP contribution in [0.15, 0.2) is 53.1 Å². The minimum Gasteiger partial charge on any atom is -0.439 e. The molecular formula is C14H11NO3. The maximum atomic E-state index is 8.35. The van der Waals surface area contributed by atoms with Crippen LogP contribution in [0.4, 0.5) is 0 Å². The van der Waals surface area contributed by atoms with Crippen LogP contribution in [0.1, 0.15) is 5.76 Å². The fourth-order valence-electron chi connectivity index (χ4n) is 1.89. The van der Waals surface area contributed by atoms with Crippen LogP contribution in [0.2, 0.25) is 0 Å². The summed E-state index contributed by atoms with van der Waals surface area (Å²) in [5, 5.41) is 10.7. The van der Waals surface area contributed by atoms with Crippen molar-refractivity contribution in [1.82, 2.24) is 4.98 Å². The van der Waals surface area contributed by atoms with Gasteiger partial charge < -0.3 is 4.42 Å². The summed E-state index contributed by atoms with van der Waals surface area (Å²) in [7, 11) is 0. The lowest BCUT2D eigenvalue weighted by atomic mass is 10.1. The lowest BCUT2D eigenvalue weighted by Crippen LogP contribution is -1.82. The largest absolute Gasteiger partial charge is 0.439 e. The summed E-state index contributed by atoms with van der Waals surface area (Å²) in [5.41, 5.74) is 0.901. The van der Waals surface area contributed by atoms with E-state index in [4.69, 9.17) is 9.67 Å². The van der Waals surface area contributed by atoms with E-state index in [1.807, 2.05) is 36.4 Å². The maximum Gasteiger partial charge on any atom is 0.226 e. The Balaban J connectivity index is 2.02. The number of hydrogen-bond donors (Lipinski definition) is 1. The van der Waals surface area contributed by atoms with Gasteiger partial charge in [0.2, 0.25) is 5.89 Å². The van der Waals surface area contributed by atoms with Crippen molar-refractivity contribution in [3.63, 3.8) is 0 Å². The van der Waals surface area contributed by atoms with Gasteiger partial charge in [0.25, 0.3) is 0 Å². The predicted octanol–water partition coefficient (Wildman–Crippen LogP) is 3.48. The van der Waals surface area contributed by atoms with Gasteiger partial charge in [-0.1, -0.05) is 30.3 Å². The zero-order chi connectivity index (χ0) is 12.4. The van der Waals surface area contributed by atoms with Crippen molar-refractivity contribution in [1.29, 1.82) is 0 Å². The van der Waals surface area contributed by atoms with Crippen LogP contribution in [0, 0.1) is 0 Å². The zero-order valence-electron chi connectivity index (χ0n) is 9.54. The molecule has 0 aliphatic carbocycles. The van der Waals surface area contributed by atoms with E-state index >= 15 is 0 Å². The van der Waals surface area contributed by atoms with Gasteiger partial charge in [-0.3, -0.25) is 5.26 Å². The van der Waals surface area contributed by atoms with Crippen molar-refractivity contribution in [3.8, 4) is 11.5 Å². The summed E-state index contributed by atoms with van der Waals surface area (Å²) < 4.78 is 5.46. The average molecular weight is 241 g/mol. The molecule has 0 saturated carbocycles. The molecule has 90 valence electrons. The van der Waals surface area contributed by atoms with Crippen LogP contribution in [-0.2, 0) is 11.5 Å². The van der Waals surface area contributed by atoms with Gasteiger partial charge in [-0.25, -0.2) is 9.87 Å². The first-order valence-corrected chi connectivity index (χ1v) is 5.57. The summed E-state index contributed by atoms with van der Waals surface area (Å²) in [6.07, 6.45) is 1.54. The molecule has 3 aromatic rings. The molecule has 1 heterocycles. The molecule has 0 fully saturated rings. The van der Waals surface area contributed by atoms with Gasteiger partial charge in [0.15, 0.2) is 5.76 Å². The minimum atomic E-state index is 0.000577. The molecule has 0 aliphatic rings. The second-order valence-electron chi connectivity index (χ2n) is 3.97. The van der Waals surface area contributed by atoms with Crippen LogP contribution in [0.5, 0.6) is 0 Å². The van der Waals surface area contributed by atoms with Gasteiger partial charge in [0, 0.05) is 5.56 Å². The first-order chi connectivity index (χ1) is 8.86. The van der Waals surface area contributed by atoms with Crippen molar-refractivity contribution in [3.05, 3.63) is 54.4 Å². The molecule has 4 nitrogen and oxygen atoms in total. The molecule has 0 saturated heterocycles. The molecule has 3 rings (SSSR count). The standard InChI is InChI=1S/C14H11NO3/c16-17-9-13-8-15-14(18-13)12-6-5-10-3-1-2-4-11(10)7-12/h1-8,16H,9H2. The Morgan fingerprint density at radius 2 is 1.94 bits per heavy atom. The van der Waals surface area contributed by atoms with Crippen molar-refractivity contribution in [2.45, 2.75) is 6.61 Å². The number of nitrogens with zero attached hydrogens (tertiary/aromatic N) is 1. The predicted molar refractivity (Wildman–Crippen MR) is 66.9 cm³/mol. The number of benzene rings is 2. The molecule has 0 radical (unpaired) electrons. The van der Waals surface area contributed by atoms with E-state index in [9.17, 15) is 0 Å². The number of fused-ring (bicyclic) bond motifs is 1. The Morgan fingerprint density at radius 3 is 2.78 bits per heavy atom. The van der Waals surface area contributed by atoms with Crippen LogP contribution < -0.4 is 0 Å². The van der Waals surface area contributed by atoms with E-state index in [1.165, 1.54) is 5.39 Å². The quantitative estimate of drug-likeness (QED) is 0.563. The molecule has 1 aromatic heterocycles. The first-order valence-electron chi connectivity index (χ1n) is 5.57. The summed E-state index contributed by atoms with van der Waals surface area (Å²) in [6.45, 7) is 0.000577. The van der Waals surface area contributed by atoms with Crippen LogP contribution in [0.25, 0.3) is 22.2 Å². The Hall–Kier alpha value is -2.17. The lowest BCUT2D eigenvalue weighted by molar-refractivity contribution is -0.255. The second kappa shape index (κ2) is 4.60. The van der Waals surface area contributed by atoms with Crippen molar-refractivity contribution < 1.29 is 14.6 Å². The number of rotatable bonds is 3. The third-order valence-electron chi connectivity index (χ3n) is 2.76. The van der Waals surface area contributed by atoms with E-state index in [-0.39, 0.29) is 6.61 Å². The first kappa shape index (κ1) is 11.0. The highest BCUT2D eigenvalue weighted by atomic mass is 17.1. The number of hydrogen-bond acceptors (Lipinski definition) is 4. The summed E-state index contributed by atoms with van der Waals surface area (Å²) >= 11 is 0. The van der Waals surface area contributed by atoms with Gasteiger partial charge in [0.05, 0.1) is 6.20 Å². The molecule has 0 bridgehead atoms. The van der Waals surface area contributed by atoms with Crippen molar-refractivity contribution in [2.75, 3.05) is 0 Å². The molecule has 0 aliphatic heterocycles. The SMILES string of the molecule is OOCc1cnc(-c2ccc3ccccc3c2)o1. The molecule has 2 aromatic carbocycles. The number of aromatic nitrogens is 1. The second-order valence-corrected chi connectivity index (χ2v) is 3.97. The Morgan fingerprint density at radius 1 is 1.11 bits per heavy atom. The fourth-order valence-corrected chi connectivity index (χ4v) is 1.89. The lowest BCUT2D eigenvalue weighted by Gasteiger charge is -2.00. The zero-order valence-corrected chi connectivity index (χ0v) is 9.54. The average Bonchev–Trinajstić information content (AvgIpc) is 2.87. The molecule has 0 amide bonds. The van der Waals surface area contributed by atoms with E-state index < -0.39 is 0 Å². The topological polar surface area (TPSA) is 55.5 Å². The van der Waals surface area contributed by atoms with Crippen LogP contribution in [0.3, 0.4) is 0 Å². The molecule has 4 heteroatoms. The summed E-state index contributed by atoms with van der Waals surface area (Å²) in [4.78, 5) is 8.17. The highest BCUT2D eigenvalue weighted by Crippen LogP contribution is 2.24. The Labute approximate surface area is 103 Å². The van der Waals surface area contributed by atoms with Crippen molar-refractivity contribution in [2.24, 2.45) is 0 Å². The highest BCUT2D eigenvalue weighted by Gasteiger charge is 2.07. The fraction of sp³-hybridized carbons (Fsp3) is 0.0714. The monoisotopic (exact) mass is 241 g/mol. The van der Waals surface area contributed by atoms with Gasteiger partial charge in [0.1, 0.15) is 6.61 Å². The van der Waals surface area contributed by atoms with Gasteiger partial charge in [-0.15, -0.1) is 0 Å². The normalized spacial score (nSPS) is 10.9. The third-order valence-corrected chi connectivity index (χ3v) is 2.76. The molecule has 18 heavy (non-hydrogen) atoms. The molecule has 1 N–H and O–H groups in total.